The molecule has 1 saturated heterocycles. The Kier molecular flexibility index (Phi) is 7.07. The molecule has 30 heavy (non-hydrogen) atoms. The van der Waals surface area contributed by atoms with Gasteiger partial charge in [-0.3, -0.25) is 9.69 Å². The molecule has 8 nitrogen and oxygen atoms in total. The lowest BCUT2D eigenvalue weighted by molar-refractivity contribution is -0.125. The first-order chi connectivity index (χ1) is 14.3. The largest absolute Gasteiger partial charge is 0.445 e. The van der Waals surface area contributed by atoms with Crippen LogP contribution in [-0.4, -0.2) is 44.4 Å². The molecule has 160 valence electrons. The van der Waals surface area contributed by atoms with Crippen LogP contribution in [0.15, 0.2) is 59.5 Å². The minimum Gasteiger partial charge on any atom is -0.445 e. The monoisotopic (exact) mass is 431 g/mol. The third-order valence-electron chi connectivity index (χ3n) is 4.96. The zero-order valence-electron chi connectivity index (χ0n) is 16.5. The summed E-state index contributed by atoms with van der Waals surface area (Å²) in [4.78, 5) is 26.5. The number of ether oxygens (including phenoxy) is 1. The second-order valence-electron chi connectivity index (χ2n) is 7.12. The van der Waals surface area contributed by atoms with Crippen molar-refractivity contribution in [3.63, 3.8) is 0 Å². The summed E-state index contributed by atoms with van der Waals surface area (Å²) in [6.07, 6.45) is 1.38. The Balaban J connectivity index is 1.47. The van der Waals surface area contributed by atoms with Gasteiger partial charge in [-0.15, -0.1) is 0 Å². The molecule has 1 aliphatic rings. The minimum absolute atomic E-state index is 0.0471. The number of carbonyl (C=O) groups excluding carboxylic acids is 2. The normalized spacial score (nSPS) is 16.3. The van der Waals surface area contributed by atoms with Crippen molar-refractivity contribution in [2.45, 2.75) is 36.8 Å². The van der Waals surface area contributed by atoms with Crippen molar-refractivity contribution >= 4 is 22.0 Å². The molecule has 2 amide bonds. The zero-order valence-corrected chi connectivity index (χ0v) is 17.3. The fourth-order valence-electron chi connectivity index (χ4n) is 3.35. The summed E-state index contributed by atoms with van der Waals surface area (Å²) >= 11 is 0. The number of carbonyl (C=O) groups is 2. The topological polar surface area (TPSA) is 119 Å². The predicted octanol–water partition coefficient (Wildman–Crippen LogP) is 1.79. The maximum Gasteiger partial charge on any atom is 0.410 e. The van der Waals surface area contributed by atoms with Gasteiger partial charge in [0.2, 0.25) is 15.9 Å². The van der Waals surface area contributed by atoms with E-state index in [1.54, 1.807) is 12.1 Å². The lowest BCUT2D eigenvalue weighted by Gasteiger charge is -2.23. The number of rotatable bonds is 7. The molecular weight excluding hydrogens is 406 g/mol. The lowest BCUT2D eigenvalue weighted by Crippen LogP contribution is -2.46. The van der Waals surface area contributed by atoms with Gasteiger partial charge in [0.05, 0.1) is 4.90 Å². The highest BCUT2D eigenvalue weighted by atomic mass is 32.2. The molecule has 0 aromatic heterocycles. The van der Waals surface area contributed by atoms with E-state index in [2.05, 4.69) is 5.32 Å². The van der Waals surface area contributed by atoms with Crippen LogP contribution in [0.4, 0.5) is 4.79 Å². The number of nitrogens with zero attached hydrogens (tertiary/aromatic N) is 1. The summed E-state index contributed by atoms with van der Waals surface area (Å²) in [5.41, 5.74) is 1.76. The molecule has 3 N–H and O–H groups in total. The van der Waals surface area contributed by atoms with E-state index in [9.17, 15) is 18.0 Å². The van der Waals surface area contributed by atoms with Gasteiger partial charge in [-0.1, -0.05) is 42.5 Å². The van der Waals surface area contributed by atoms with Crippen LogP contribution in [0, 0.1) is 0 Å². The second kappa shape index (κ2) is 9.73. The zero-order chi connectivity index (χ0) is 21.6. The van der Waals surface area contributed by atoms with Crippen LogP contribution >= 0.6 is 0 Å². The summed E-state index contributed by atoms with van der Waals surface area (Å²) in [7, 11) is -3.72. The van der Waals surface area contributed by atoms with Crippen LogP contribution in [0.25, 0.3) is 0 Å². The molecule has 2 aromatic rings. The SMILES string of the molecule is NS(=O)(=O)c1ccc(CCNC(=O)[C@@H]2CCCN2C(=O)OCc2ccccc2)cc1. The Morgan fingerprint density at radius 3 is 2.43 bits per heavy atom. The van der Waals surface area contributed by atoms with Crippen molar-refractivity contribution < 1.29 is 22.7 Å². The van der Waals surface area contributed by atoms with E-state index >= 15 is 0 Å². The molecule has 1 fully saturated rings. The first-order valence-electron chi connectivity index (χ1n) is 9.71. The number of primary sulfonamides is 1. The minimum atomic E-state index is -3.72. The van der Waals surface area contributed by atoms with Crippen molar-refractivity contribution in [2.75, 3.05) is 13.1 Å². The third kappa shape index (κ3) is 5.80. The van der Waals surface area contributed by atoms with Gasteiger partial charge in [0.1, 0.15) is 12.6 Å². The van der Waals surface area contributed by atoms with Crippen molar-refractivity contribution in [3.05, 3.63) is 65.7 Å². The number of amides is 2. The van der Waals surface area contributed by atoms with E-state index < -0.39 is 22.2 Å². The van der Waals surface area contributed by atoms with E-state index in [1.165, 1.54) is 17.0 Å². The van der Waals surface area contributed by atoms with Crippen LogP contribution in [0.5, 0.6) is 0 Å². The Morgan fingerprint density at radius 1 is 1.07 bits per heavy atom. The number of sulfonamides is 1. The molecule has 3 rings (SSSR count). The molecule has 0 saturated carbocycles. The Bertz CT molecular complexity index is 977. The van der Waals surface area contributed by atoms with E-state index in [0.717, 1.165) is 17.5 Å². The smallest absolute Gasteiger partial charge is 0.410 e. The van der Waals surface area contributed by atoms with E-state index in [1.807, 2.05) is 30.3 Å². The van der Waals surface area contributed by atoms with Crippen LogP contribution in [-0.2, 0) is 32.6 Å². The molecule has 0 radical (unpaired) electrons. The standard InChI is InChI=1S/C21H25N3O5S/c22-30(27,28)18-10-8-16(9-11-18)12-13-23-20(25)19-7-4-14-24(19)21(26)29-15-17-5-2-1-3-6-17/h1-3,5-6,8-11,19H,4,7,12-15H2,(H,23,25)(H2,22,27,28)/t19-/m0/s1. The second-order valence-corrected chi connectivity index (χ2v) is 8.68. The molecule has 0 unspecified atom stereocenters. The average molecular weight is 432 g/mol. The highest BCUT2D eigenvalue weighted by Gasteiger charge is 2.34. The fourth-order valence-corrected chi connectivity index (χ4v) is 3.87. The van der Waals surface area contributed by atoms with Gasteiger partial charge in [0.15, 0.2) is 0 Å². The number of likely N-dealkylation sites (tertiary alicyclic amines) is 1. The van der Waals surface area contributed by atoms with Crippen LogP contribution in [0.3, 0.4) is 0 Å². The lowest BCUT2D eigenvalue weighted by atomic mass is 10.1. The summed E-state index contributed by atoms with van der Waals surface area (Å²) in [5, 5.41) is 7.93. The summed E-state index contributed by atoms with van der Waals surface area (Å²) in [5.74, 6) is -0.217. The van der Waals surface area contributed by atoms with Crippen molar-refractivity contribution in [2.24, 2.45) is 5.14 Å². The fraction of sp³-hybridized carbons (Fsp3) is 0.333. The first-order valence-corrected chi connectivity index (χ1v) is 11.3. The molecular formula is C21H25N3O5S. The third-order valence-corrected chi connectivity index (χ3v) is 5.89. The van der Waals surface area contributed by atoms with Crippen molar-refractivity contribution in [1.82, 2.24) is 10.2 Å². The number of nitrogens with two attached hydrogens (primary N) is 1. The predicted molar refractivity (Wildman–Crippen MR) is 111 cm³/mol. The van der Waals surface area contributed by atoms with Gasteiger partial charge in [0, 0.05) is 13.1 Å². The molecule has 0 aliphatic carbocycles. The van der Waals surface area contributed by atoms with Crippen LogP contribution < -0.4 is 10.5 Å². The van der Waals surface area contributed by atoms with E-state index in [0.29, 0.717) is 25.9 Å². The maximum absolute atomic E-state index is 12.6. The van der Waals surface area contributed by atoms with Crippen LogP contribution in [0.2, 0.25) is 0 Å². The molecule has 0 bridgehead atoms. The van der Waals surface area contributed by atoms with Gasteiger partial charge in [-0.2, -0.15) is 0 Å². The summed E-state index contributed by atoms with van der Waals surface area (Å²) in [6, 6.07) is 15.0. The Morgan fingerprint density at radius 2 is 1.77 bits per heavy atom. The average Bonchev–Trinajstić information content (AvgIpc) is 3.22. The number of nitrogens with one attached hydrogen (secondary N) is 1. The van der Waals surface area contributed by atoms with Gasteiger partial charge in [-0.05, 0) is 42.5 Å². The van der Waals surface area contributed by atoms with Gasteiger partial charge in [-0.25, -0.2) is 18.4 Å². The van der Waals surface area contributed by atoms with Gasteiger partial charge in [0.25, 0.3) is 0 Å². The van der Waals surface area contributed by atoms with Crippen molar-refractivity contribution in [3.8, 4) is 0 Å². The van der Waals surface area contributed by atoms with Crippen molar-refractivity contribution in [1.29, 1.82) is 0 Å². The van der Waals surface area contributed by atoms with Gasteiger partial charge < -0.3 is 10.1 Å². The highest BCUT2D eigenvalue weighted by Crippen LogP contribution is 2.19. The number of hydrogen-bond acceptors (Lipinski definition) is 5. The Labute approximate surface area is 176 Å². The van der Waals surface area contributed by atoms with Crippen LogP contribution in [0.1, 0.15) is 24.0 Å². The highest BCUT2D eigenvalue weighted by molar-refractivity contribution is 7.89. The van der Waals surface area contributed by atoms with E-state index in [4.69, 9.17) is 9.88 Å². The number of benzene rings is 2. The van der Waals surface area contributed by atoms with E-state index in [-0.39, 0.29) is 17.4 Å². The summed E-state index contributed by atoms with van der Waals surface area (Å²) in [6.45, 7) is 1.02. The molecule has 1 atom stereocenters. The first kappa shape index (κ1) is 21.8. The Hall–Kier alpha value is -2.91. The summed E-state index contributed by atoms with van der Waals surface area (Å²) < 4.78 is 27.9. The molecule has 1 aliphatic heterocycles. The number of hydrogen-bond donors (Lipinski definition) is 2. The molecule has 2 aromatic carbocycles. The maximum atomic E-state index is 12.6. The van der Waals surface area contributed by atoms with Gasteiger partial charge >= 0.3 is 6.09 Å². The quantitative estimate of drug-likeness (QED) is 0.693. The molecule has 9 heteroatoms. The molecule has 0 spiro atoms. The molecule has 1 heterocycles.